The highest BCUT2D eigenvalue weighted by Gasteiger charge is 2.10. The zero-order chi connectivity index (χ0) is 13.1. The molecule has 0 saturated heterocycles. The Labute approximate surface area is 114 Å². The molecule has 0 fully saturated rings. The van der Waals surface area contributed by atoms with Crippen LogP contribution in [0.5, 0.6) is 0 Å². The summed E-state index contributed by atoms with van der Waals surface area (Å²) in [5, 5.41) is 7.50. The van der Waals surface area contributed by atoms with E-state index in [1.807, 2.05) is 26.3 Å². The number of rotatable bonds is 4. The summed E-state index contributed by atoms with van der Waals surface area (Å²) in [5.74, 6) is -0.112. The average molecular weight is 282 g/mol. The van der Waals surface area contributed by atoms with Crippen LogP contribution < -0.4 is 5.32 Å². The van der Waals surface area contributed by atoms with Gasteiger partial charge in [-0.3, -0.25) is 9.48 Å². The Kier molecular flexibility index (Phi) is 4.03. The molecule has 7 heteroatoms. The highest BCUT2D eigenvalue weighted by atomic mass is 32.2. The first kappa shape index (κ1) is 13.1. The summed E-state index contributed by atoms with van der Waals surface area (Å²) in [6, 6.07) is 0. The average Bonchev–Trinajstić information content (AvgIpc) is 2.85. The van der Waals surface area contributed by atoms with Crippen LogP contribution in [0.1, 0.15) is 11.3 Å². The van der Waals surface area contributed by atoms with Crippen LogP contribution >= 0.6 is 23.1 Å². The van der Waals surface area contributed by atoms with Crippen molar-refractivity contribution in [2.75, 3.05) is 11.6 Å². The molecule has 0 aliphatic heterocycles. The standard InChI is InChI=1S/C11H14N4OS2/c1-7-4-12-15(5-7)6-9(16)14-11-13-8(2)10(17-3)18-11/h4-5H,6H2,1-3H3,(H,13,14,16). The molecule has 0 atom stereocenters. The molecule has 2 aromatic rings. The second-order valence-electron chi connectivity index (χ2n) is 3.86. The number of thioether (sulfide) groups is 1. The van der Waals surface area contributed by atoms with Crippen molar-refractivity contribution in [3.05, 3.63) is 23.7 Å². The van der Waals surface area contributed by atoms with Crippen LogP contribution in [0.25, 0.3) is 0 Å². The Morgan fingerprint density at radius 2 is 2.33 bits per heavy atom. The van der Waals surface area contributed by atoms with Crippen LogP contribution in [0.2, 0.25) is 0 Å². The highest BCUT2D eigenvalue weighted by Crippen LogP contribution is 2.30. The quantitative estimate of drug-likeness (QED) is 0.874. The molecule has 0 saturated carbocycles. The van der Waals surface area contributed by atoms with Crippen LogP contribution in [-0.4, -0.2) is 26.9 Å². The van der Waals surface area contributed by atoms with Gasteiger partial charge >= 0.3 is 0 Å². The first-order chi connectivity index (χ1) is 8.58. The molecule has 5 nitrogen and oxygen atoms in total. The molecule has 0 aliphatic rings. The molecule has 0 radical (unpaired) electrons. The van der Waals surface area contributed by atoms with Crippen molar-refractivity contribution in [1.29, 1.82) is 0 Å². The largest absolute Gasteiger partial charge is 0.300 e. The van der Waals surface area contributed by atoms with Gasteiger partial charge in [0.05, 0.1) is 16.1 Å². The minimum atomic E-state index is -0.112. The summed E-state index contributed by atoms with van der Waals surface area (Å²) >= 11 is 3.13. The number of carbonyl (C=O) groups is 1. The molecule has 0 aromatic carbocycles. The van der Waals surface area contributed by atoms with Gasteiger partial charge in [-0.2, -0.15) is 5.10 Å². The third-order valence-electron chi connectivity index (χ3n) is 2.25. The summed E-state index contributed by atoms with van der Waals surface area (Å²) in [6.07, 6.45) is 5.56. The summed E-state index contributed by atoms with van der Waals surface area (Å²) < 4.78 is 2.74. The first-order valence-corrected chi connectivity index (χ1v) is 7.43. The molecule has 2 heterocycles. The minimum Gasteiger partial charge on any atom is -0.300 e. The number of nitrogens with zero attached hydrogens (tertiary/aromatic N) is 3. The molecule has 96 valence electrons. The van der Waals surface area contributed by atoms with Gasteiger partial charge in [-0.05, 0) is 25.7 Å². The first-order valence-electron chi connectivity index (χ1n) is 5.39. The monoisotopic (exact) mass is 282 g/mol. The van der Waals surface area contributed by atoms with E-state index in [2.05, 4.69) is 15.4 Å². The number of hydrogen-bond donors (Lipinski definition) is 1. The van der Waals surface area contributed by atoms with Gasteiger partial charge in [-0.15, -0.1) is 11.8 Å². The van der Waals surface area contributed by atoms with Crippen molar-refractivity contribution < 1.29 is 4.79 Å². The van der Waals surface area contributed by atoms with Crippen LogP contribution in [0.15, 0.2) is 16.6 Å². The fourth-order valence-corrected chi connectivity index (χ4v) is 3.11. The maximum Gasteiger partial charge on any atom is 0.247 e. The topological polar surface area (TPSA) is 59.8 Å². The van der Waals surface area contributed by atoms with Crippen LogP contribution in [0.3, 0.4) is 0 Å². The van der Waals surface area contributed by atoms with E-state index >= 15 is 0 Å². The summed E-state index contributed by atoms with van der Waals surface area (Å²) in [6.45, 7) is 4.09. The number of carbonyl (C=O) groups excluding carboxylic acids is 1. The van der Waals surface area contributed by atoms with Gasteiger partial charge in [0.25, 0.3) is 0 Å². The molecular formula is C11H14N4OS2. The second-order valence-corrected chi connectivity index (χ2v) is 5.93. The van der Waals surface area contributed by atoms with E-state index in [-0.39, 0.29) is 12.5 Å². The number of hydrogen-bond acceptors (Lipinski definition) is 5. The smallest absolute Gasteiger partial charge is 0.247 e. The third-order valence-corrected chi connectivity index (χ3v) is 4.54. The number of amides is 1. The molecule has 0 aliphatic carbocycles. The van der Waals surface area contributed by atoms with E-state index in [9.17, 15) is 4.79 Å². The lowest BCUT2D eigenvalue weighted by molar-refractivity contribution is -0.116. The van der Waals surface area contributed by atoms with Crippen molar-refractivity contribution >= 4 is 34.1 Å². The van der Waals surface area contributed by atoms with Crippen molar-refractivity contribution in [2.24, 2.45) is 0 Å². The normalized spacial score (nSPS) is 10.6. The second kappa shape index (κ2) is 5.53. The molecule has 2 rings (SSSR count). The molecule has 18 heavy (non-hydrogen) atoms. The number of anilines is 1. The molecule has 0 unspecified atom stereocenters. The zero-order valence-electron chi connectivity index (χ0n) is 10.4. The minimum absolute atomic E-state index is 0.112. The molecule has 1 amide bonds. The SMILES string of the molecule is CSc1sc(NC(=O)Cn2cc(C)cn2)nc1C. The Morgan fingerprint density at radius 1 is 1.56 bits per heavy atom. The van der Waals surface area contributed by atoms with E-state index in [0.29, 0.717) is 5.13 Å². The fourth-order valence-electron chi connectivity index (χ4n) is 1.48. The predicted molar refractivity (Wildman–Crippen MR) is 74.2 cm³/mol. The zero-order valence-corrected chi connectivity index (χ0v) is 12.1. The van der Waals surface area contributed by atoms with E-state index in [0.717, 1.165) is 15.5 Å². The van der Waals surface area contributed by atoms with Gasteiger partial charge in [0.15, 0.2) is 5.13 Å². The van der Waals surface area contributed by atoms with Crippen LogP contribution in [0, 0.1) is 13.8 Å². The predicted octanol–water partition coefficient (Wildman–Crippen LogP) is 2.32. The number of aromatic nitrogens is 3. The molecule has 1 N–H and O–H groups in total. The van der Waals surface area contributed by atoms with Gasteiger partial charge < -0.3 is 5.32 Å². The summed E-state index contributed by atoms with van der Waals surface area (Å²) in [5.41, 5.74) is 2.00. The van der Waals surface area contributed by atoms with Crippen molar-refractivity contribution in [2.45, 2.75) is 24.6 Å². The summed E-state index contributed by atoms with van der Waals surface area (Å²) in [4.78, 5) is 16.1. The fraction of sp³-hybridized carbons (Fsp3) is 0.364. The van der Waals surface area contributed by atoms with Crippen molar-refractivity contribution in [3.63, 3.8) is 0 Å². The highest BCUT2D eigenvalue weighted by molar-refractivity contribution is 8.00. The Balaban J connectivity index is 1.98. The Morgan fingerprint density at radius 3 is 2.89 bits per heavy atom. The molecular weight excluding hydrogens is 268 g/mol. The molecule has 0 bridgehead atoms. The van der Waals surface area contributed by atoms with Gasteiger partial charge in [0, 0.05) is 6.20 Å². The van der Waals surface area contributed by atoms with E-state index in [1.54, 1.807) is 22.6 Å². The molecule has 2 aromatic heterocycles. The molecule has 0 spiro atoms. The lowest BCUT2D eigenvalue weighted by atomic mass is 10.4. The van der Waals surface area contributed by atoms with E-state index in [4.69, 9.17) is 0 Å². The van der Waals surface area contributed by atoms with Gasteiger partial charge in [0.2, 0.25) is 5.91 Å². The summed E-state index contributed by atoms with van der Waals surface area (Å²) in [7, 11) is 0. The maximum atomic E-state index is 11.8. The van der Waals surface area contributed by atoms with Gasteiger partial charge in [-0.1, -0.05) is 11.3 Å². The Bertz CT molecular complexity index is 561. The number of nitrogens with one attached hydrogen (secondary N) is 1. The van der Waals surface area contributed by atoms with E-state index < -0.39 is 0 Å². The van der Waals surface area contributed by atoms with Crippen molar-refractivity contribution in [3.8, 4) is 0 Å². The van der Waals surface area contributed by atoms with Crippen LogP contribution in [-0.2, 0) is 11.3 Å². The number of aryl methyl sites for hydroxylation is 2. The maximum absolute atomic E-state index is 11.8. The lowest BCUT2D eigenvalue weighted by Gasteiger charge is -2.01. The van der Waals surface area contributed by atoms with Gasteiger partial charge in [-0.25, -0.2) is 4.98 Å². The van der Waals surface area contributed by atoms with Crippen LogP contribution in [0.4, 0.5) is 5.13 Å². The third kappa shape index (κ3) is 3.11. The van der Waals surface area contributed by atoms with Gasteiger partial charge in [0.1, 0.15) is 6.54 Å². The number of thiazole rings is 1. The Hall–Kier alpha value is -1.34. The van der Waals surface area contributed by atoms with E-state index in [1.165, 1.54) is 11.3 Å². The van der Waals surface area contributed by atoms with Crippen molar-refractivity contribution in [1.82, 2.24) is 14.8 Å². The lowest BCUT2D eigenvalue weighted by Crippen LogP contribution is -2.18.